The quantitative estimate of drug-likeness (QED) is 0.201. The molecular formula is C12H21CeO10-. The summed E-state index contributed by atoms with van der Waals surface area (Å²) < 4.78 is 15.4. The van der Waals surface area contributed by atoms with E-state index in [0.29, 0.717) is 0 Å². The first kappa shape index (κ1) is 22.0. The van der Waals surface area contributed by atoms with Gasteiger partial charge >= 0.3 is 0 Å². The molecule has 0 aromatic rings. The first-order chi connectivity index (χ1) is 10.4. The topological polar surface area (TPSA) is 169 Å². The van der Waals surface area contributed by atoms with E-state index in [0.717, 1.165) is 6.61 Å². The molecule has 23 heavy (non-hydrogen) atoms. The van der Waals surface area contributed by atoms with Gasteiger partial charge in [0, 0.05) is 41.7 Å². The molecule has 2 saturated heterocycles. The Morgan fingerprint density at radius 2 is 1.43 bits per heavy atom. The van der Waals surface area contributed by atoms with Crippen LogP contribution in [0.3, 0.4) is 0 Å². The van der Waals surface area contributed by atoms with Crippen LogP contribution in [0.25, 0.3) is 0 Å². The smallest absolute Gasteiger partial charge is 0.187 e. The second-order valence-corrected chi connectivity index (χ2v) is 5.27. The van der Waals surface area contributed by atoms with Crippen molar-refractivity contribution in [3.63, 3.8) is 0 Å². The Morgan fingerprint density at radius 1 is 0.826 bits per heavy atom. The average Bonchev–Trinajstić information content (AvgIpc) is 2.52. The standard InChI is InChI=1S/C12H21O10.Ce/c13-1-5-8(17)9(18)10(19)12(21-5)22-11-6(2-14)20-3-4(15)7(11)16;/h3-19H,1-2H2;/q-1;/t4-,5+,6+,7+,8-,9-,10+,11+,12-;/m0./s1. The van der Waals surface area contributed by atoms with Crippen LogP contribution in [-0.4, -0.2) is 104 Å². The molecule has 0 aliphatic carbocycles. The summed E-state index contributed by atoms with van der Waals surface area (Å²) in [6.07, 6.45) is -12.6. The van der Waals surface area contributed by atoms with Crippen molar-refractivity contribution < 1.29 is 91.7 Å². The molecule has 0 spiro atoms. The van der Waals surface area contributed by atoms with Crippen molar-refractivity contribution in [2.75, 3.05) is 13.2 Å². The Labute approximate surface area is 166 Å². The van der Waals surface area contributed by atoms with Crippen LogP contribution in [-0.2, 0) is 14.2 Å². The van der Waals surface area contributed by atoms with Crippen molar-refractivity contribution >= 4 is 0 Å². The van der Waals surface area contributed by atoms with Crippen LogP contribution in [0.2, 0.25) is 0 Å². The third-order valence-electron chi connectivity index (χ3n) is 3.77. The van der Waals surface area contributed by atoms with Crippen LogP contribution in [0.1, 0.15) is 0 Å². The monoisotopic (exact) mass is 465 g/mol. The maximum atomic E-state index is 9.90. The first-order valence-corrected chi connectivity index (χ1v) is 6.82. The molecular weight excluding hydrogens is 444 g/mol. The SMILES string of the molecule is OC[C@H]1O[C@@H](O[C@H]2[C@H](O)[C@@H](O)[CH-]O[C@@H]2CO)[C@H](O)[C@@H](O)[C@H]1O.[Ce]. The third-order valence-corrected chi connectivity index (χ3v) is 3.77. The summed E-state index contributed by atoms with van der Waals surface area (Å²) in [5.41, 5.74) is 0. The van der Waals surface area contributed by atoms with E-state index in [1.165, 1.54) is 0 Å². The fourth-order valence-corrected chi connectivity index (χ4v) is 2.40. The predicted molar refractivity (Wildman–Crippen MR) is 66.9 cm³/mol. The Bertz CT molecular complexity index is 357. The second-order valence-electron chi connectivity index (χ2n) is 5.27. The van der Waals surface area contributed by atoms with Gasteiger partial charge in [-0.2, -0.15) is 6.61 Å². The molecule has 9 atom stereocenters. The van der Waals surface area contributed by atoms with E-state index in [-0.39, 0.29) is 41.7 Å². The van der Waals surface area contributed by atoms with Crippen molar-refractivity contribution in [1.82, 2.24) is 0 Å². The van der Waals surface area contributed by atoms with Gasteiger partial charge in [-0.3, -0.25) is 0 Å². The van der Waals surface area contributed by atoms with Crippen LogP contribution in [0.4, 0.5) is 0 Å². The summed E-state index contributed by atoms with van der Waals surface area (Å²) in [4.78, 5) is 0. The molecule has 2 aliphatic rings. The molecule has 0 amide bonds. The molecule has 0 aromatic carbocycles. The van der Waals surface area contributed by atoms with Gasteiger partial charge in [-0.05, 0) is 6.10 Å². The Kier molecular flexibility index (Phi) is 9.20. The molecule has 10 nitrogen and oxygen atoms in total. The number of hydrogen-bond donors (Lipinski definition) is 7. The Morgan fingerprint density at radius 3 is 2.00 bits per heavy atom. The largest absolute Gasteiger partial charge is 0.544 e. The van der Waals surface area contributed by atoms with E-state index in [4.69, 9.17) is 19.3 Å². The number of aliphatic hydroxyl groups excluding tert-OH is 7. The number of rotatable bonds is 4. The fraction of sp³-hybridized carbons (Fsp3) is 0.917. The summed E-state index contributed by atoms with van der Waals surface area (Å²) >= 11 is 0. The molecule has 0 unspecified atom stereocenters. The van der Waals surface area contributed by atoms with Gasteiger partial charge in [-0.1, -0.05) is 0 Å². The van der Waals surface area contributed by atoms with Crippen LogP contribution in [0.15, 0.2) is 0 Å². The van der Waals surface area contributed by atoms with E-state index in [1.54, 1.807) is 0 Å². The van der Waals surface area contributed by atoms with Crippen LogP contribution in [0.5, 0.6) is 0 Å². The van der Waals surface area contributed by atoms with Crippen molar-refractivity contribution in [2.45, 2.75) is 55.1 Å². The van der Waals surface area contributed by atoms with Gasteiger partial charge in [0.25, 0.3) is 0 Å². The van der Waals surface area contributed by atoms with Gasteiger partial charge in [0.1, 0.15) is 30.5 Å². The zero-order valence-corrected chi connectivity index (χ0v) is 15.2. The number of ether oxygens (including phenoxy) is 3. The maximum Gasteiger partial charge on any atom is 0.187 e. The minimum absolute atomic E-state index is 0. The number of hydrogen-bond acceptors (Lipinski definition) is 10. The zero-order chi connectivity index (χ0) is 16.4. The van der Waals surface area contributed by atoms with E-state index in [2.05, 4.69) is 0 Å². The van der Waals surface area contributed by atoms with E-state index < -0.39 is 68.3 Å². The third kappa shape index (κ3) is 4.78. The molecule has 2 rings (SSSR count). The molecule has 2 heterocycles. The van der Waals surface area contributed by atoms with E-state index >= 15 is 0 Å². The molecule has 0 radical (unpaired) electrons. The summed E-state index contributed by atoms with van der Waals surface area (Å²) in [5.74, 6) is 0. The first-order valence-electron chi connectivity index (χ1n) is 6.82. The molecule has 7 N–H and O–H groups in total. The average molecular weight is 465 g/mol. The minimum Gasteiger partial charge on any atom is -0.544 e. The maximum absolute atomic E-state index is 9.90. The molecule has 2 aliphatic heterocycles. The van der Waals surface area contributed by atoms with Gasteiger partial charge in [-0.25, -0.2) is 0 Å². The molecule has 2 fully saturated rings. The van der Waals surface area contributed by atoms with Crippen LogP contribution in [0, 0.1) is 48.4 Å². The molecule has 11 heteroatoms. The summed E-state index contributed by atoms with van der Waals surface area (Å²) in [5, 5.41) is 66.9. The molecule has 134 valence electrons. The normalized spacial score (nSPS) is 47.9. The molecule has 0 saturated carbocycles. The summed E-state index contributed by atoms with van der Waals surface area (Å²) in [7, 11) is 0. The van der Waals surface area contributed by atoms with Crippen LogP contribution >= 0.6 is 0 Å². The fourth-order valence-electron chi connectivity index (χ4n) is 2.40. The summed E-state index contributed by atoms with van der Waals surface area (Å²) in [6.45, 7) is -0.227. The van der Waals surface area contributed by atoms with E-state index in [9.17, 15) is 30.6 Å². The van der Waals surface area contributed by atoms with Crippen molar-refractivity contribution in [3.05, 3.63) is 6.61 Å². The van der Waals surface area contributed by atoms with Crippen molar-refractivity contribution in [1.29, 1.82) is 0 Å². The minimum atomic E-state index is -1.66. The van der Waals surface area contributed by atoms with Gasteiger partial charge < -0.3 is 50.0 Å². The predicted octanol–water partition coefficient (Wildman–Crippen LogP) is -4.55. The number of aliphatic hydroxyl groups is 7. The molecule has 0 aromatic heterocycles. The van der Waals surface area contributed by atoms with Gasteiger partial charge in [0.2, 0.25) is 0 Å². The van der Waals surface area contributed by atoms with Crippen molar-refractivity contribution in [3.8, 4) is 0 Å². The Hall–Kier alpha value is 0.977. The molecule has 0 bridgehead atoms. The zero-order valence-electron chi connectivity index (χ0n) is 12.0. The van der Waals surface area contributed by atoms with E-state index in [1.807, 2.05) is 0 Å². The van der Waals surface area contributed by atoms with Gasteiger partial charge in [0.05, 0.1) is 25.4 Å². The van der Waals surface area contributed by atoms with Gasteiger partial charge in [0.15, 0.2) is 6.29 Å². The van der Waals surface area contributed by atoms with Crippen LogP contribution < -0.4 is 0 Å². The Balaban J connectivity index is 0.00000264. The second kappa shape index (κ2) is 9.61. The summed E-state index contributed by atoms with van der Waals surface area (Å²) in [6, 6.07) is 0. The van der Waals surface area contributed by atoms with Gasteiger partial charge in [-0.15, -0.1) is 0 Å². The van der Waals surface area contributed by atoms with Crippen molar-refractivity contribution in [2.24, 2.45) is 0 Å².